The minimum Gasteiger partial charge on any atom is -0.465 e. The van der Waals surface area contributed by atoms with Crippen molar-refractivity contribution in [1.82, 2.24) is 4.98 Å². The Kier molecular flexibility index (Phi) is 4.16. The number of carbonyl (C=O) groups excluding carboxylic acids is 1. The van der Waals surface area contributed by atoms with E-state index in [0.29, 0.717) is 5.56 Å². The first kappa shape index (κ1) is 14.3. The van der Waals surface area contributed by atoms with Gasteiger partial charge in [0, 0.05) is 11.9 Å². The fourth-order valence-electron chi connectivity index (χ4n) is 2.07. The Balaban J connectivity index is 1.83. The molecule has 0 bridgehead atoms. The standard InChI is InChI=1S/C17H14N2O2S/c1-21-17(20)12-5-7-13(8-6-12)19-15-9-11-22-16(15)14-4-2-3-10-18-14/h2-11,19H,1H3. The molecule has 0 saturated carbocycles. The van der Waals surface area contributed by atoms with Crippen molar-refractivity contribution in [3.05, 3.63) is 65.7 Å². The average Bonchev–Trinajstić information content (AvgIpc) is 3.04. The van der Waals surface area contributed by atoms with Crippen LogP contribution in [0.1, 0.15) is 10.4 Å². The number of rotatable bonds is 4. The Labute approximate surface area is 132 Å². The molecule has 0 aliphatic heterocycles. The van der Waals surface area contributed by atoms with Crippen molar-refractivity contribution in [2.75, 3.05) is 12.4 Å². The van der Waals surface area contributed by atoms with Crippen LogP contribution < -0.4 is 5.32 Å². The van der Waals surface area contributed by atoms with Crippen LogP contribution in [0.5, 0.6) is 0 Å². The van der Waals surface area contributed by atoms with Gasteiger partial charge in [0.15, 0.2) is 0 Å². The molecule has 0 unspecified atom stereocenters. The third-order valence-corrected chi connectivity index (χ3v) is 4.08. The normalized spacial score (nSPS) is 10.2. The summed E-state index contributed by atoms with van der Waals surface area (Å²) in [5.41, 5.74) is 3.37. The van der Waals surface area contributed by atoms with Crippen LogP contribution in [-0.4, -0.2) is 18.1 Å². The van der Waals surface area contributed by atoms with Gasteiger partial charge in [-0.15, -0.1) is 11.3 Å². The minimum absolute atomic E-state index is 0.337. The van der Waals surface area contributed by atoms with E-state index in [1.165, 1.54) is 7.11 Å². The van der Waals surface area contributed by atoms with Gasteiger partial charge in [-0.1, -0.05) is 6.07 Å². The lowest BCUT2D eigenvalue weighted by molar-refractivity contribution is 0.0601. The number of hydrogen-bond acceptors (Lipinski definition) is 5. The van der Waals surface area contributed by atoms with Gasteiger partial charge in [-0.05, 0) is 47.8 Å². The number of nitrogens with zero attached hydrogens (tertiary/aromatic N) is 1. The number of carbonyl (C=O) groups is 1. The highest BCUT2D eigenvalue weighted by Gasteiger charge is 2.09. The number of benzene rings is 1. The van der Waals surface area contributed by atoms with Gasteiger partial charge < -0.3 is 10.1 Å². The van der Waals surface area contributed by atoms with Crippen molar-refractivity contribution in [1.29, 1.82) is 0 Å². The average molecular weight is 310 g/mol. The lowest BCUT2D eigenvalue weighted by Gasteiger charge is -2.08. The van der Waals surface area contributed by atoms with Crippen molar-refractivity contribution in [2.24, 2.45) is 0 Å². The fraction of sp³-hybridized carbons (Fsp3) is 0.0588. The number of pyridine rings is 1. The Hall–Kier alpha value is -2.66. The molecule has 0 aliphatic carbocycles. The van der Waals surface area contributed by atoms with Crippen LogP contribution in [0.15, 0.2) is 60.1 Å². The highest BCUT2D eigenvalue weighted by molar-refractivity contribution is 7.14. The van der Waals surface area contributed by atoms with E-state index in [9.17, 15) is 4.79 Å². The van der Waals surface area contributed by atoms with Gasteiger partial charge in [0.1, 0.15) is 0 Å². The molecule has 0 spiro atoms. The molecule has 2 heterocycles. The monoisotopic (exact) mass is 310 g/mol. The second kappa shape index (κ2) is 6.41. The maximum absolute atomic E-state index is 11.4. The fourth-order valence-corrected chi connectivity index (χ4v) is 2.89. The van der Waals surface area contributed by atoms with E-state index >= 15 is 0 Å². The van der Waals surface area contributed by atoms with Gasteiger partial charge >= 0.3 is 5.97 Å². The number of methoxy groups -OCH3 is 1. The largest absolute Gasteiger partial charge is 0.465 e. The summed E-state index contributed by atoms with van der Waals surface area (Å²) in [5.74, 6) is -0.337. The van der Waals surface area contributed by atoms with E-state index in [-0.39, 0.29) is 5.97 Å². The smallest absolute Gasteiger partial charge is 0.337 e. The first-order chi connectivity index (χ1) is 10.8. The molecule has 0 aliphatic rings. The summed E-state index contributed by atoms with van der Waals surface area (Å²) in [6.07, 6.45) is 1.78. The SMILES string of the molecule is COC(=O)c1ccc(Nc2ccsc2-c2ccccn2)cc1. The van der Waals surface area contributed by atoms with E-state index in [2.05, 4.69) is 10.3 Å². The molecule has 110 valence electrons. The number of nitrogens with one attached hydrogen (secondary N) is 1. The molecule has 22 heavy (non-hydrogen) atoms. The van der Waals surface area contributed by atoms with E-state index < -0.39 is 0 Å². The maximum Gasteiger partial charge on any atom is 0.337 e. The van der Waals surface area contributed by atoms with Crippen LogP contribution in [0, 0.1) is 0 Å². The van der Waals surface area contributed by atoms with Crippen molar-refractivity contribution in [3.63, 3.8) is 0 Å². The molecule has 0 saturated heterocycles. The minimum atomic E-state index is -0.337. The van der Waals surface area contributed by atoms with Crippen LogP contribution in [0.3, 0.4) is 0 Å². The van der Waals surface area contributed by atoms with Crippen LogP contribution in [0.4, 0.5) is 11.4 Å². The lowest BCUT2D eigenvalue weighted by Crippen LogP contribution is -2.00. The third kappa shape index (κ3) is 2.99. The van der Waals surface area contributed by atoms with Crippen LogP contribution in [0.2, 0.25) is 0 Å². The summed E-state index contributed by atoms with van der Waals surface area (Å²) in [7, 11) is 1.37. The third-order valence-electron chi connectivity index (χ3n) is 3.15. The molecule has 3 aromatic rings. The molecular formula is C17H14N2O2S. The summed E-state index contributed by atoms with van der Waals surface area (Å²) in [5, 5.41) is 5.38. The van der Waals surface area contributed by atoms with Gasteiger partial charge in [0.05, 0.1) is 28.9 Å². The van der Waals surface area contributed by atoms with Gasteiger partial charge in [-0.3, -0.25) is 4.98 Å². The molecule has 2 aromatic heterocycles. The summed E-state index contributed by atoms with van der Waals surface area (Å²) in [6, 6.07) is 15.0. The predicted octanol–water partition coefficient (Wildman–Crippen LogP) is 4.34. The molecule has 1 N–H and O–H groups in total. The number of aromatic nitrogens is 1. The van der Waals surface area contributed by atoms with Gasteiger partial charge in [-0.25, -0.2) is 4.79 Å². The summed E-state index contributed by atoms with van der Waals surface area (Å²) < 4.78 is 4.69. The number of ether oxygens (including phenoxy) is 1. The Bertz CT molecular complexity index is 767. The summed E-state index contributed by atoms with van der Waals surface area (Å²) in [6.45, 7) is 0. The van der Waals surface area contributed by atoms with E-state index in [0.717, 1.165) is 21.9 Å². The first-order valence-electron chi connectivity index (χ1n) is 6.72. The maximum atomic E-state index is 11.4. The van der Waals surface area contributed by atoms with Gasteiger partial charge in [0.25, 0.3) is 0 Å². The molecule has 0 atom stereocenters. The quantitative estimate of drug-likeness (QED) is 0.728. The molecule has 4 nitrogen and oxygen atoms in total. The number of hydrogen-bond donors (Lipinski definition) is 1. The zero-order valence-corrected chi connectivity index (χ0v) is 12.8. The summed E-state index contributed by atoms with van der Waals surface area (Å²) >= 11 is 1.63. The molecule has 1 aromatic carbocycles. The Morgan fingerprint density at radius 1 is 1.14 bits per heavy atom. The van der Waals surface area contributed by atoms with E-state index in [1.54, 1.807) is 29.7 Å². The molecule has 3 rings (SSSR count). The van der Waals surface area contributed by atoms with Gasteiger partial charge in [0.2, 0.25) is 0 Å². The lowest BCUT2D eigenvalue weighted by atomic mass is 10.2. The predicted molar refractivity (Wildman–Crippen MR) is 88.6 cm³/mol. The number of esters is 1. The molecular weight excluding hydrogens is 296 g/mol. The number of thiophene rings is 1. The first-order valence-corrected chi connectivity index (χ1v) is 7.60. The highest BCUT2D eigenvalue weighted by atomic mass is 32.1. The second-order valence-corrected chi connectivity index (χ2v) is 5.49. The van der Waals surface area contributed by atoms with Crippen LogP contribution in [-0.2, 0) is 4.74 Å². The zero-order chi connectivity index (χ0) is 15.4. The topological polar surface area (TPSA) is 51.2 Å². The van der Waals surface area contributed by atoms with Crippen LogP contribution in [0.25, 0.3) is 10.6 Å². The number of anilines is 2. The molecule has 0 fully saturated rings. The Morgan fingerprint density at radius 3 is 2.64 bits per heavy atom. The zero-order valence-electron chi connectivity index (χ0n) is 11.9. The van der Waals surface area contributed by atoms with Crippen molar-refractivity contribution >= 4 is 28.7 Å². The molecule has 0 amide bonds. The molecule has 0 radical (unpaired) electrons. The van der Waals surface area contributed by atoms with Crippen molar-refractivity contribution in [2.45, 2.75) is 0 Å². The van der Waals surface area contributed by atoms with Crippen molar-refractivity contribution in [3.8, 4) is 10.6 Å². The van der Waals surface area contributed by atoms with Gasteiger partial charge in [-0.2, -0.15) is 0 Å². The highest BCUT2D eigenvalue weighted by Crippen LogP contribution is 2.34. The van der Waals surface area contributed by atoms with Crippen LogP contribution >= 0.6 is 11.3 Å². The molecule has 5 heteroatoms. The second-order valence-electron chi connectivity index (χ2n) is 4.57. The van der Waals surface area contributed by atoms with Crippen molar-refractivity contribution < 1.29 is 9.53 Å². The Morgan fingerprint density at radius 2 is 1.95 bits per heavy atom. The van der Waals surface area contributed by atoms with E-state index in [1.807, 2.05) is 41.8 Å². The van der Waals surface area contributed by atoms with E-state index in [4.69, 9.17) is 4.74 Å². The summed E-state index contributed by atoms with van der Waals surface area (Å²) in [4.78, 5) is 16.9.